The van der Waals surface area contributed by atoms with Crippen LogP contribution >= 0.6 is 0 Å². The van der Waals surface area contributed by atoms with Crippen LogP contribution in [0.4, 0.5) is 4.39 Å². The van der Waals surface area contributed by atoms with E-state index in [9.17, 15) is 9.18 Å². The molecule has 1 unspecified atom stereocenters. The van der Waals surface area contributed by atoms with Gasteiger partial charge in [0.2, 0.25) is 0 Å². The first-order valence-electron chi connectivity index (χ1n) is 10.4. The van der Waals surface area contributed by atoms with Crippen LogP contribution in [0.3, 0.4) is 0 Å². The zero-order chi connectivity index (χ0) is 21.6. The number of fused-ring (bicyclic) bond motifs is 1. The molecular formula is C24H24FN5O. The number of carbonyl (C=O) groups excluding carboxylic acids is 1. The monoisotopic (exact) mass is 417 g/mol. The van der Waals surface area contributed by atoms with Gasteiger partial charge >= 0.3 is 0 Å². The third-order valence-electron chi connectivity index (χ3n) is 6.17. The molecule has 0 radical (unpaired) electrons. The van der Waals surface area contributed by atoms with Gasteiger partial charge in [0.1, 0.15) is 5.82 Å². The summed E-state index contributed by atoms with van der Waals surface area (Å²) >= 11 is 0. The maximum absolute atomic E-state index is 13.2. The Morgan fingerprint density at radius 1 is 1.19 bits per heavy atom. The van der Waals surface area contributed by atoms with Gasteiger partial charge in [0, 0.05) is 42.1 Å². The molecule has 1 N–H and O–H groups in total. The molecule has 1 saturated heterocycles. The lowest BCUT2D eigenvalue weighted by molar-refractivity contribution is 0.0649. The smallest absolute Gasteiger partial charge is 0.254 e. The van der Waals surface area contributed by atoms with Crippen LogP contribution in [0.1, 0.15) is 30.6 Å². The molecule has 0 bridgehead atoms. The summed E-state index contributed by atoms with van der Waals surface area (Å²) in [6, 6.07) is 11.9. The van der Waals surface area contributed by atoms with Gasteiger partial charge in [0.15, 0.2) is 0 Å². The van der Waals surface area contributed by atoms with E-state index in [-0.39, 0.29) is 17.3 Å². The van der Waals surface area contributed by atoms with Crippen LogP contribution in [0.15, 0.2) is 61.1 Å². The summed E-state index contributed by atoms with van der Waals surface area (Å²) < 4.78 is 15.5. The summed E-state index contributed by atoms with van der Waals surface area (Å²) in [5.41, 5.74) is 4.13. The molecule has 5 rings (SSSR count). The number of likely N-dealkylation sites (tertiary alicyclic amines) is 1. The van der Waals surface area contributed by atoms with Crippen LogP contribution in [-0.4, -0.2) is 42.6 Å². The lowest BCUT2D eigenvalue weighted by atomic mass is 9.96. The Labute approximate surface area is 179 Å². The van der Waals surface area contributed by atoms with E-state index < -0.39 is 0 Å². The molecule has 6 nitrogen and oxygen atoms in total. The van der Waals surface area contributed by atoms with Gasteiger partial charge in [-0.15, -0.1) is 0 Å². The van der Waals surface area contributed by atoms with Crippen molar-refractivity contribution in [2.75, 3.05) is 6.54 Å². The Morgan fingerprint density at radius 2 is 2.00 bits per heavy atom. The van der Waals surface area contributed by atoms with Gasteiger partial charge in [-0.3, -0.25) is 9.89 Å². The first kappa shape index (κ1) is 19.5. The molecular weight excluding hydrogens is 393 g/mol. The number of carbonyl (C=O) groups is 1. The van der Waals surface area contributed by atoms with E-state index >= 15 is 0 Å². The Kier molecular flexibility index (Phi) is 4.61. The predicted octanol–water partition coefficient (Wildman–Crippen LogP) is 4.51. The summed E-state index contributed by atoms with van der Waals surface area (Å²) in [6.07, 6.45) is 6.56. The number of amides is 1. The van der Waals surface area contributed by atoms with Crippen molar-refractivity contribution < 1.29 is 9.18 Å². The number of H-pyrrole nitrogens is 1. The first-order valence-corrected chi connectivity index (χ1v) is 10.4. The molecule has 3 aromatic heterocycles. The molecule has 158 valence electrons. The van der Waals surface area contributed by atoms with E-state index in [0.717, 1.165) is 35.3 Å². The van der Waals surface area contributed by atoms with E-state index in [2.05, 4.69) is 40.9 Å². The van der Waals surface area contributed by atoms with E-state index in [1.807, 2.05) is 23.2 Å². The average molecular weight is 417 g/mol. The maximum Gasteiger partial charge on any atom is 0.254 e. The first-order chi connectivity index (χ1) is 14.9. The highest BCUT2D eigenvalue weighted by molar-refractivity contribution is 5.95. The second kappa shape index (κ2) is 7.34. The summed E-state index contributed by atoms with van der Waals surface area (Å²) in [7, 11) is 0. The van der Waals surface area contributed by atoms with E-state index in [0.29, 0.717) is 18.0 Å². The predicted molar refractivity (Wildman–Crippen MR) is 117 cm³/mol. The number of aromatic amines is 1. The maximum atomic E-state index is 13.2. The Hall–Kier alpha value is -3.48. The molecule has 7 heteroatoms. The van der Waals surface area contributed by atoms with Crippen molar-refractivity contribution in [1.82, 2.24) is 24.6 Å². The van der Waals surface area contributed by atoms with Gasteiger partial charge < -0.3 is 9.47 Å². The fourth-order valence-corrected chi connectivity index (χ4v) is 4.68. The second-order valence-corrected chi connectivity index (χ2v) is 8.86. The molecule has 0 saturated carbocycles. The van der Waals surface area contributed by atoms with Crippen LogP contribution in [0.2, 0.25) is 0 Å². The van der Waals surface area contributed by atoms with Crippen LogP contribution in [0.25, 0.3) is 22.3 Å². The van der Waals surface area contributed by atoms with E-state index in [1.54, 1.807) is 18.3 Å². The Morgan fingerprint density at radius 3 is 2.74 bits per heavy atom. The van der Waals surface area contributed by atoms with Crippen molar-refractivity contribution in [2.24, 2.45) is 5.92 Å². The number of hydrogen-bond donors (Lipinski definition) is 1. The minimum absolute atomic E-state index is 0.0451. The highest BCUT2D eigenvalue weighted by Gasteiger charge is 2.41. The number of nitrogens with zero attached hydrogens (tertiary/aromatic N) is 4. The quantitative estimate of drug-likeness (QED) is 0.531. The molecule has 4 heterocycles. The zero-order valence-electron chi connectivity index (χ0n) is 17.5. The molecule has 1 aliphatic rings. The van der Waals surface area contributed by atoms with Crippen LogP contribution in [0, 0.1) is 11.7 Å². The largest absolute Gasteiger partial charge is 0.346 e. The lowest BCUT2D eigenvalue weighted by Crippen LogP contribution is -2.42. The number of benzene rings is 1. The van der Waals surface area contributed by atoms with Crippen molar-refractivity contribution >= 4 is 16.9 Å². The van der Waals surface area contributed by atoms with Crippen molar-refractivity contribution in [1.29, 1.82) is 0 Å². The average Bonchev–Trinajstić information content (AvgIpc) is 3.47. The summed E-state index contributed by atoms with van der Waals surface area (Å²) in [5.74, 6) is -0.0565. The topological polar surface area (TPSA) is 66.8 Å². The Bertz CT molecular complexity index is 1230. The third-order valence-corrected chi connectivity index (χ3v) is 6.17. The number of hydrogen-bond acceptors (Lipinski definition) is 3. The highest BCUT2D eigenvalue weighted by Crippen LogP contribution is 2.35. The van der Waals surface area contributed by atoms with E-state index in [1.165, 1.54) is 12.1 Å². The van der Waals surface area contributed by atoms with Crippen LogP contribution < -0.4 is 0 Å². The molecule has 0 aliphatic carbocycles. The molecule has 31 heavy (non-hydrogen) atoms. The number of rotatable bonds is 4. The van der Waals surface area contributed by atoms with Crippen molar-refractivity contribution in [3.8, 4) is 11.3 Å². The molecule has 1 atom stereocenters. The van der Waals surface area contributed by atoms with E-state index in [4.69, 9.17) is 4.98 Å². The number of aromatic nitrogens is 4. The van der Waals surface area contributed by atoms with Gasteiger partial charge in [0.05, 0.1) is 22.9 Å². The highest BCUT2D eigenvalue weighted by atomic mass is 19.1. The number of pyridine rings is 1. The van der Waals surface area contributed by atoms with Crippen molar-refractivity contribution in [3.63, 3.8) is 0 Å². The molecule has 0 spiro atoms. The number of halogens is 1. The van der Waals surface area contributed by atoms with Crippen molar-refractivity contribution in [3.05, 3.63) is 72.4 Å². The zero-order valence-corrected chi connectivity index (χ0v) is 17.5. The minimum atomic E-state index is -0.334. The fraction of sp³-hybridized carbons (Fsp3) is 0.292. The Balaban J connectivity index is 1.35. The number of nitrogens with one attached hydrogen (secondary N) is 1. The summed E-state index contributed by atoms with van der Waals surface area (Å²) in [4.78, 5) is 19.7. The van der Waals surface area contributed by atoms with Gasteiger partial charge in [-0.2, -0.15) is 5.10 Å². The lowest BCUT2D eigenvalue weighted by Gasteiger charge is -2.31. The van der Waals surface area contributed by atoms with Gasteiger partial charge in [0.25, 0.3) is 5.91 Å². The van der Waals surface area contributed by atoms with Gasteiger partial charge in [-0.1, -0.05) is 0 Å². The SMILES string of the molecule is CC1(C)CC(Cn2ccc3nc(-c4cn[nH]c4)ccc32)CN1C(=O)c1ccc(F)cc1. The fourth-order valence-electron chi connectivity index (χ4n) is 4.68. The normalized spacial score (nSPS) is 18.0. The summed E-state index contributed by atoms with van der Waals surface area (Å²) in [5, 5.41) is 6.81. The molecule has 1 aromatic carbocycles. The van der Waals surface area contributed by atoms with Crippen LogP contribution in [-0.2, 0) is 6.54 Å². The summed E-state index contributed by atoms with van der Waals surface area (Å²) in [6.45, 7) is 5.68. The van der Waals surface area contributed by atoms with Crippen LogP contribution in [0.5, 0.6) is 0 Å². The molecule has 1 amide bonds. The van der Waals surface area contributed by atoms with Gasteiger partial charge in [-0.25, -0.2) is 9.37 Å². The molecule has 1 fully saturated rings. The second-order valence-electron chi connectivity index (χ2n) is 8.86. The van der Waals surface area contributed by atoms with Gasteiger partial charge in [-0.05, 0) is 68.7 Å². The standard InChI is InChI=1S/C24H24FN5O/c1-24(2)11-16(15-30(24)23(31)17-3-5-19(25)6-4-17)14-29-10-9-21-22(29)8-7-20(28-21)18-12-26-27-13-18/h3-10,12-13,16H,11,14-15H2,1-2H3,(H,26,27). The molecule has 1 aliphatic heterocycles. The third kappa shape index (κ3) is 3.60. The minimum Gasteiger partial charge on any atom is -0.346 e. The molecule has 4 aromatic rings. The van der Waals surface area contributed by atoms with Crippen molar-refractivity contribution in [2.45, 2.75) is 32.4 Å².